The number of fused-ring (bicyclic) bond motifs is 2. The van der Waals surface area contributed by atoms with Crippen LogP contribution in [0.2, 0.25) is 0 Å². The van der Waals surface area contributed by atoms with E-state index in [1.165, 1.54) is 0 Å². The highest BCUT2D eigenvalue weighted by Gasteiger charge is 2.39. The third kappa shape index (κ3) is 4.97. The Labute approximate surface area is 199 Å². The van der Waals surface area contributed by atoms with Crippen molar-refractivity contribution in [1.29, 1.82) is 0 Å². The summed E-state index contributed by atoms with van der Waals surface area (Å²) in [6.45, 7) is 22.9. The van der Waals surface area contributed by atoms with Gasteiger partial charge in [-0.05, 0) is 54.9 Å². The van der Waals surface area contributed by atoms with Crippen molar-refractivity contribution in [2.24, 2.45) is 0 Å². The summed E-state index contributed by atoms with van der Waals surface area (Å²) >= 11 is 0. The van der Waals surface area contributed by atoms with Crippen LogP contribution in [0.25, 0.3) is 0 Å². The fourth-order valence-electron chi connectivity index (χ4n) is 4.05. The van der Waals surface area contributed by atoms with E-state index in [0.717, 1.165) is 22.3 Å². The molecule has 0 aromatic heterocycles. The van der Waals surface area contributed by atoms with Crippen LogP contribution in [-0.4, -0.2) is 11.7 Å². The molecule has 3 rings (SSSR count). The molecule has 180 valence electrons. The Morgan fingerprint density at radius 2 is 1.33 bits per heavy atom. The SMILES string of the molecule is CC(C)(C)OC(=O)Nc1cc(C(C)(C)C)cc2c1Oc1c(N)cc(C(C)(C)C)cc1C2(C)C. The first-order valence-corrected chi connectivity index (χ1v) is 11.6. The number of amides is 1. The molecule has 0 fully saturated rings. The zero-order valence-corrected chi connectivity index (χ0v) is 22.1. The number of anilines is 2. The van der Waals surface area contributed by atoms with Crippen LogP contribution in [0.3, 0.4) is 0 Å². The van der Waals surface area contributed by atoms with Crippen molar-refractivity contribution in [3.8, 4) is 11.5 Å². The summed E-state index contributed by atoms with van der Waals surface area (Å²) in [5.74, 6) is 1.26. The number of carbonyl (C=O) groups excluding carboxylic acids is 1. The number of hydrogen-bond donors (Lipinski definition) is 2. The van der Waals surface area contributed by atoms with E-state index in [1.54, 1.807) is 0 Å². The molecule has 1 aliphatic heterocycles. The lowest BCUT2D eigenvalue weighted by Crippen LogP contribution is -2.30. The molecule has 1 aliphatic rings. The standard InChI is InChI=1S/C28H40N2O3/c1-25(2,3)16-12-18-22(20(29)14-16)32-23-19(28(18,10)11)13-17(26(4,5)6)15-21(23)30-24(31)33-27(7,8)9/h12-15H,29H2,1-11H3,(H,30,31). The fourth-order valence-corrected chi connectivity index (χ4v) is 4.05. The number of nitrogens with one attached hydrogen (secondary N) is 1. The third-order valence-electron chi connectivity index (χ3n) is 6.13. The van der Waals surface area contributed by atoms with Gasteiger partial charge in [-0.25, -0.2) is 4.79 Å². The summed E-state index contributed by atoms with van der Waals surface area (Å²) in [7, 11) is 0. The van der Waals surface area contributed by atoms with Gasteiger partial charge in [0.2, 0.25) is 0 Å². The first-order chi connectivity index (χ1) is 14.8. The van der Waals surface area contributed by atoms with Crippen molar-refractivity contribution in [3.05, 3.63) is 46.5 Å². The smallest absolute Gasteiger partial charge is 0.412 e. The van der Waals surface area contributed by atoms with E-state index in [9.17, 15) is 4.79 Å². The van der Waals surface area contributed by atoms with Gasteiger partial charge in [0.05, 0.1) is 11.4 Å². The number of nitrogen functional groups attached to an aromatic ring is 1. The molecule has 0 radical (unpaired) electrons. The van der Waals surface area contributed by atoms with Crippen LogP contribution in [0.15, 0.2) is 24.3 Å². The molecule has 2 aromatic carbocycles. The van der Waals surface area contributed by atoms with Crippen molar-refractivity contribution in [2.45, 2.75) is 98.0 Å². The summed E-state index contributed by atoms with van der Waals surface area (Å²) < 4.78 is 12.0. The summed E-state index contributed by atoms with van der Waals surface area (Å²) in [5, 5.41) is 2.94. The Hall–Kier alpha value is -2.69. The molecular weight excluding hydrogens is 412 g/mol. The van der Waals surface area contributed by atoms with E-state index in [0.29, 0.717) is 22.9 Å². The van der Waals surface area contributed by atoms with E-state index in [4.69, 9.17) is 15.2 Å². The molecule has 0 bridgehead atoms. The number of rotatable bonds is 1. The average Bonchev–Trinajstić information content (AvgIpc) is 2.59. The first-order valence-electron chi connectivity index (χ1n) is 11.6. The van der Waals surface area contributed by atoms with Gasteiger partial charge < -0.3 is 15.2 Å². The molecular formula is C28H40N2O3. The maximum atomic E-state index is 12.7. The average molecular weight is 453 g/mol. The van der Waals surface area contributed by atoms with Crippen LogP contribution in [0.5, 0.6) is 11.5 Å². The molecule has 0 aliphatic carbocycles. The van der Waals surface area contributed by atoms with Crippen LogP contribution < -0.4 is 15.8 Å². The van der Waals surface area contributed by atoms with E-state index in [2.05, 4.69) is 72.8 Å². The minimum atomic E-state index is -0.605. The maximum absolute atomic E-state index is 12.7. The molecule has 33 heavy (non-hydrogen) atoms. The van der Waals surface area contributed by atoms with Crippen LogP contribution >= 0.6 is 0 Å². The lowest BCUT2D eigenvalue weighted by molar-refractivity contribution is 0.0635. The normalized spacial score (nSPS) is 15.2. The summed E-state index contributed by atoms with van der Waals surface area (Å²) in [6.07, 6.45) is -0.515. The minimum absolute atomic E-state index is 0.0454. The highest BCUT2D eigenvalue weighted by Crippen LogP contribution is 2.54. The van der Waals surface area contributed by atoms with E-state index >= 15 is 0 Å². The first kappa shape index (κ1) is 24.9. The summed E-state index contributed by atoms with van der Waals surface area (Å²) in [5.41, 5.74) is 10.9. The molecule has 2 aromatic rings. The van der Waals surface area contributed by atoms with Crippen molar-refractivity contribution in [1.82, 2.24) is 0 Å². The summed E-state index contributed by atoms with van der Waals surface area (Å²) in [6, 6.07) is 8.37. The Bertz CT molecular complexity index is 1090. The lowest BCUT2D eigenvalue weighted by Gasteiger charge is -2.38. The van der Waals surface area contributed by atoms with Crippen LogP contribution in [0.1, 0.15) is 98.4 Å². The van der Waals surface area contributed by atoms with Gasteiger partial charge in [0.15, 0.2) is 11.5 Å². The summed E-state index contributed by atoms with van der Waals surface area (Å²) in [4.78, 5) is 12.7. The zero-order valence-electron chi connectivity index (χ0n) is 22.1. The van der Waals surface area contributed by atoms with Gasteiger partial charge in [-0.15, -0.1) is 0 Å². The second-order valence-corrected chi connectivity index (χ2v) is 12.7. The number of benzene rings is 2. The Kier molecular flexibility index (Phi) is 5.80. The number of hydrogen-bond acceptors (Lipinski definition) is 4. The van der Waals surface area contributed by atoms with Crippen molar-refractivity contribution in [2.75, 3.05) is 11.1 Å². The zero-order chi connectivity index (χ0) is 25.1. The van der Waals surface area contributed by atoms with Gasteiger partial charge in [-0.3, -0.25) is 5.32 Å². The van der Waals surface area contributed by atoms with Gasteiger partial charge in [-0.1, -0.05) is 67.5 Å². The van der Waals surface area contributed by atoms with E-state index < -0.39 is 11.7 Å². The minimum Gasteiger partial charge on any atom is -0.452 e. The molecule has 1 amide bonds. The second-order valence-electron chi connectivity index (χ2n) is 12.7. The second kappa shape index (κ2) is 7.68. The highest BCUT2D eigenvalue weighted by molar-refractivity contribution is 5.89. The van der Waals surface area contributed by atoms with Crippen molar-refractivity contribution >= 4 is 17.5 Å². The fraction of sp³-hybridized carbons (Fsp3) is 0.536. The van der Waals surface area contributed by atoms with Gasteiger partial charge in [0, 0.05) is 16.5 Å². The van der Waals surface area contributed by atoms with Crippen LogP contribution in [-0.2, 0) is 21.0 Å². The molecule has 5 heteroatoms. The monoisotopic (exact) mass is 452 g/mol. The lowest BCUT2D eigenvalue weighted by atomic mass is 9.71. The van der Waals surface area contributed by atoms with Gasteiger partial charge in [0.1, 0.15) is 5.60 Å². The Balaban J connectivity index is 2.23. The molecule has 5 nitrogen and oxygen atoms in total. The number of carbonyl (C=O) groups is 1. The number of ether oxygens (including phenoxy) is 2. The predicted molar refractivity (Wildman–Crippen MR) is 137 cm³/mol. The molecule has 0 spiro atoms. The van der Waals surface area contributed by atoms with Crippen LogP contribution in [0.4, 0.5) is 16.2 Å². The van der Waals surface area contributed by atoms with Crippen molar-refractivity contribution < 1.29 is 14.3 Å². The highest BCUT2D eigenvalue weighted by atomic mass is 16.6. The third-order valence-corrected chi connectivity index (χ3v) is 6.13. The molecule has 1 heterocycles. The van der Waals surface area contributed by atoms with Gasteiger partial charge in [-0.2, -0.15) is 0 Å². The van der Waals surface area contributed by atoms with Gasteiger partial charge in [0.25, 0.3) is 0 Å². The van der Waals surface area contributed by atoms with E-state index in [1.807, 2.05) is 32.9 Å². The van der Waals surface area contributed by atoms with Gasteiger partial charge >= 0.3 is 6.09 Å². The Morgan fingerprint density at radius 3 is 1.82 bits per heavy atom. The largest absolute Gasteiger partial charge is 0.452 e. The predicted octanol–water partition coefficient (Wildman–Crippen LogP) is 7.64. The topological polar surface area (TPSA) is 73.6 Å². The molecule has 0 saturated heterocycles. The molecule has 0 unspecified atom stereocenters. The maximum Gasteiger partial charge on any atom is 0.412 e. The van der Waals surface area contributed by atoms with E-state index in [-0.39, 0.29) is 16.2 Å². The Morgan fingerprint density at radius 1 is 0.848 bits per heavy atom. The van der Waals surface area contributed by atoms with Crippen molar-refractivity contribution in [3.63, 3.8) is 0 Å². The quantitative estimate of drug-likeness (QED) is 0.436. The molecule has 0 saturated carbocycles. The molecule has 0 atom stereocenters. The molecule has 3 N–H and O–H groups in total. The van der Waals surface area contributed by atoms with Crippen LogP contribution in [0, 0.1) is 0 Å². The number of nitrogens with two attached hydrogens (primary N) is 1.